The zero-order chi connectivity index (χ0) is 9.10. The molecule has 0 aliphatic carbocycles. The van der Waals surface area contributed by atoms with Crippen molar-refractivity contribution in [3.8, 4) is 0 Å². The van der Waals surface area contributed by atoms with E-state index in [0.717, 1.165) is 25.9 Å². The Labute approximate surface area is 77.2 Å². The van der Waals surface area contributed by atoms with Crippen LogP contribution in [0.4, 0.5) is 0 Å². The summed E-state index contributed by atoms with van der Waals surface area (Å²) >= 11 is 0. The van der Waals surface area contributed by atoms with E-state index < -0.39 is 0 Å². The number of hydrogen-bond acceptors (Lipinski definition) is 2. The fraction of sp³-hybridized carbons (Fsp3) is 0.556. The fourth-order valence-electron chi connectivity index (χ4n) is 1.60. The second-order valence-corrected chi connectivity index (χ2v) is 3.32. The maximum absolute atomic E-state index is 11.6. The van der Waals surface area contributed by atoms with Crippen molar-refractivity contribution in [2.75, 3.05) is 13.1 Å². The van der Waals surface area contributed by atoms with Crippen molar-refractivity contribution in [1.82, 2.24) is 14.5 Å². The first-order valence-electron chi connectivity index (χ1n) is 4.60. The van der Waals surface area contributed by atoms with Crippen LogP contribution in [-0.4, -0.2) is 33.4 Å². The Kier molecular flexibility index (Phi) is 2.29. The highest BCUT2D eigenvalue weighted by Gasteiger charge is 2.17. The van der Waals surface area contributed by atoms with Gasteiger partial charge < -0.3 is 9.47 Å². The summed E-state index contributed by atoms with van der Waals surface area (Å²) in [7, 11) is 0. The van der Waals surface area contributed by atoms with Crippen molar-refractivity contribution < 1.29 is 4.79 Å². The first kappa shape index (κ1) is 8.29. The highest BCUT2D eigenvalue weighted by molar-refractivity contribution is 5.76. The van der Waals surface area contributed by atoms with Gasteiger partial charge in [-0.1, -0.05) is 0 Å². The Balaban J connectivity index is 1.91. The molecule has 1 fully saturated rings. The zero-order valence-electron chi connectivity index (χ0n) is 7.52. The molecular formula is C9H13N3O. The Morgan fingerprint density at radius 2 is 2.15 bits per heavy atom. The van der Waals surface area contributed by atoms with Gasteiger partial charge in [0, 0.05) is 25.5 Å². The zero-order valence-corrected chi connectivity index (χ0v) is 7.52. The predicted molar refractivity (Wildman–Crippen MR) is 48.0 cm³/mol. The van der Waals surface area contributed by atoms with E-state index in [9.17, 15) is 4.79 Å². The number of amides is 1. The van der Waals surface area contributed by atoms with E-state index in [1.165, 1.54) is 0 Å². The monoisotopic (exact) mass is 179 g/mol. The molecule has 1 saturated heterocycles. The number of nitrogens with zero attached hydrogens (tertiary/aromatic N) is 3. The number of hydrogen-bond donors (Lipinski definition) is 0. The van der Waals surface area contributed by atoms with Crippen LogP contribution in [0.3, 0.4) is 0 Å². The summed E-state index contributed by atoms with van der Waals surface area (Å²) in [5.74, 6) is 0.204. The predicted octanol–water partition coefficient (Wildman–Crippen LogP) is 0.506. The lowest BCUT2D eigenvalue weighted by Gasteiger charge is -2.14. The molecule has 2 rings (SSSR count). The lowest BCUT2D eigenvalue weighted by atomic mass is 10.4. The van der Waals surface area contributed by atoms with Gasteiger partial charge in [-0.05, 0) is 12.8 Å². The van der Waals surface area contributed by atoms with Crippen molar-refractivity contribution >= 4 is 5.91 Å². The summed E-state index contributed by atoms with van der Waals surface area (Å²) in [6.07, 6.45) is 7.48. The van der Waals surface area contributed by atoms with E-state index >= 15 is 0 Å². The van der Waals surface area contributed by atoms with Crippen LogP contribution >= 0.6 is 0 Å². The van der Waals surface area contributed by atoms with Gasteiger partial charge in [0.1, 0.15) is 6.54 Å². The average Bonchev–Trinajstić information content (AvgIpc) is 2.74. The Bertz CT molecular complexity index is 275. The van der Waals surface area contributed by atoms with Gasteiger partial charge >= 0.3 is 0 Å². The van der Waals surface area contributed by atoms with Gasteiger partial charge in [0.15, 0.2) is 0 Å². The highest BCUT2D eigenvalue weighted by atomic mass is 16.2. The van der Waals surface area contributed by atoms with Crippen LogP contribution in [0.15, 0.2) is 18.7 Å². The second-order valence-electron chi connectivity index (χ2n) is 3.32. The van der Waals surface area contributed by atoms with Crippen LogP contribution in [0.5, 0.6) is 0 Å². The Morgan fingerprint density at radius 3 is 2.77 bits per heavy atom. The average molecular weight is 179 g/mol. The third-order valence-corrected chi connectivity index (χ3v) is 2.34. The summed E-state index contributed by atoms with van der Waals surface area (Å²) in [5.41, 5.74) is 0. The Morgan fingerprint density at radius 1 is 1.38 bits per heavy atom. The molecule has 4 heteroatoms. The van der Waals surface area contributed by atoms with Gasteiger partial charge in [0.05, 0.1) is 6.33 Å². The largest absolute Gasteiger partial charge is 0.341 e. The molecule has 1 aromatic heterocycles. The molecular weight excluding hydrogens is 166 g/mol. The quantitative estimate of drug-likeness (QED) is 0.663. The molecule has 4 nitrogen and oxygen atoms in total. The van der Waals surface area contributed by atoms with Gasteiger partial charge in [-0.3, -0.25) is 4.79 Å². The van der Waals surface area contributed by atoms with Crippen molar-refractivity contribution in [1.29, 1.82) is 0 Å². The molecule has 1 aliphatic heterocycles. The van der Waals surface area contributed by atoms with Crippen LogP contribution in [0, 0.1) is 0 Å². The van der Waals surface area contributed by atoms with Gasteiger partial charge in [0.25, 0.3) is 0 Å². The molecule has 0 aromatic carbocycles. The second kappa shape index (κ2) is 3.60. The van der Waals surface area contributed by atoms with Crippen LogP contribution < -0.4 is 0 Å². The highest BCUT2D eigenvalue weighted by Crippen LogP contribution is 2.07. The van der Waals surface area contributed by atoms with E-state index in [4.69, 9.17) is 0 Å². The first-order valence-corrected chi connectivity index (χ1v) is 4.60. The fourth-order valence-corrected chi connectivity index (χ4v) is 1.60. The van der Waals surface area contributed by atoms with Gasteiger partial charge in [-0.25, -0.2) is 4.98 Å². The van der Waals surface area contributed by atoms with E-state index in [1.807, 2.05) is 11.1 Å². The number of carbonyl (C=O) groups excluding carboxylic acids is 1. The SMILES string of the molecule is O=C(Cn1ccnc1)N1CCCC1. The van der Waals surface area contributed by atoms with Crippen molar-refractivity contribution in [3.05, 3.63) is 18.7 Å². The summed E-state index contributed by atoms with van der Waals surface area (Å²) in [6.45, 7) is 2.28. The number of aromatic nitrogens is 2. The minimum Gasteiger partial charge on any atom is -0.341 e. The van der Waals surface area contributed by atoms with Gasteiger partial charge in [-0.15, -0.1) is 0 Å². The maximum atomic E-state index is 11.6. The number of rotatable bonds is 2. The Hall–Kier alpha value is -1.32. The van der Waals surface area contributed by atoms with Crippen LogP contribution in [0.2, 0.25) is 0 Å². The molecule has 70 valence electrons. The van der Waals surface area contributed by atoms with E-state index in [2.05, 4.69) is 4.98 Å². The molecule has 0 saturated carbocycles. The summed E-state index contributed by atoms with van der Waals surface area (Å²) in [6, 6.07) is 0. The van der Waals surface area contributed by atoms with Crippen LogP contribution in [-0.2, 0) is 11.3 Å². The third-order valence-electron chi connectivity index (χ3n) is 2.34. The molecule has 0 atom stereocenters. The molecule has 0 spiro atoms. The normalized spacial score (nSPS) is 16.5. The lowest BCUT2D eigenvalue weighted by molar-refractivity contribution is -0.130. The van der Waals surface area contributed by atoms with Crippen molar-refractivity contribution in [2.24, 2.45) is 0 Å². The standard InChI is InChI=1S/C9H13N3O/c13-9(12-4-1-2-5-12)7-11-6-3-10-8-11/h3,6,8H,1-2,4-5,7H2. The van der Waals surface area contributed by atoms with Crippen molar-refractivity contribution in [3.63, 3.8) is 0 Å². The first-order chi connectivity index (χ1) is 6.36. The van der Waals surface area contributed by atoms with E-state index in [0.29, 0.717) is 6.54 Å². The van der Waals surface area contributed by atoms with Crippen molar-refractivity contribution in [2.45, 2.75) is 19.4 Å². The maximum Gasteiger partial charge on any atom is 0.242 e. The molecule has 1 amide bonds. The lowest BCUT2D eigenvalue weighted by Crippen LogP contribution is -2.30. The van der Waals surface area contributed by atoms with Crippen LogP contribution in [0.1, 0.15) is 12.8 Å². The van der Waals surface area contributed by atoms with Gasteiger partial charge in [0.2, 0.25) is 5.91 Å². The van der Waals surface area contributed by atoms with E-state index in [1.54, 1.807) is 17.1 Å². The number of carbonyl (C=O) groups is 1. The molecule has 1 aliphatic rings. The third kappa shape index (κ3) is 1.88. The molecule has 1 aromatic rings. The van der Waals surface area contributed by atoms with Crippen LogP contribution in [0.25, 0.3) is 0 Å². The van der Waals surface area contributed by atoms with E-state index in [-0.39, 0.29) is 5.91 Å². The minimum atomic E-state index is 0.204. The molecule has 2 heterocycles. The van der Waals surface area contributed by atoms with Gasteiger partial charge in [-0.2, -0.15) is 0 Å². The summed E-state index contributed by atoms with van der Waals surface area (Å²) in [5, 5.41) is 0. The molecule has 0 bridgehead atoms. The molecule has 0 N–H and O–H groups in total. The summed E-state index contributed by atoms with van der Waals surface area (Å²) < 4.78 is 1.81. The molecule has 0 radical (unpaired) electrons. The topological polar surface area (TPSA) is 38.1 Å². The molecule has 13 heavy (non-hydrogen) atoms. The minimum absolute atomic E-state index is 0.204. The number of likely N-dealkylation sites (tertiary alicyclic amines) is 1. The number of imidazole rings is 1. The smallest absolute Gasteiger partial charge is 0.242 e. The summed E-state index contributed by atoms with van der Waals surface area (Å²) in [4.78, 5) is 17.4. The molecule has 0 unspecified atom stereocenters.